The van der Waals surface area contributed by atoms with Crippen LogP contribution in [0.3, 0.4) is 0 Å². The van der Waals surface area contributed by atoms with E-state index in [0.29, 0.717) is 0 Å². The highest BCUT2D eigenvalue weighted by Crippen LogP contribution is 2.18. The zero-order chi connectivity index (χ0) is 13.4. The standard InChI is InChI=1S/C11H9F2N3O2/c1-5-3-8(13)9(4-7(5)12)16-6(2)14-10(15-16)11(17)18/h3-4H,1-2H3,(H,17,18). The minimum Gasteiger partial charge on any atom is -0.475 e. The third-order valence-electron chi connectivity index (χ3n) is 2.42. The molecule has 1 aromatic carbocycles. The number of aryl methyl sites for hydroxylation is 2. The van der Waals surface area contributed by atoms with E-state index in [1.807, 2.05) is 0 Å². The molecule has 1 N–H and O–H groups in total. The maximum absolute atomic E-state index is 13.7. The molecule has 7 heteroatoms. The summed E-state index contributed by atoms with van der Waals surface area (Å²) in [5.74, 6) is -2.93. The van der Waals surface area contributed by atoms with Crippen LogP contribution >= 0.6 is 0 Å². The van der Waals surface area contributed by atoms with Crippen LogP contribution in [0.4, 0.5) is 8.78 Å². The summed E-state index contributed by atoms with van der Waals surface area (Å²) in [5, 5.41) is 12.3. The number of hydrogen-bond donors (Lipinski definition) is 1. The summed E-state index contributed by atoms with van der Waals surface area (Å²) in [6, 6.07) is 1.98. The van der Waals surface area contributed by atoms with Crippen molar-refractivity contribution in [3.05, 3.63) is 41.0 Å². The third-order valence-corrected chi connectivity index (χ3v) is 2.42. The Bertz CT molecular complexity index is 637. The molecule has 2 aromatic rings. The number of hydrogen-bond acceptors (Lipinski definition) is 3. The van der Waals surface area contributed by atoms with Gasteiger partial charge in [0.25, 0.3) is 5.82 Å². The van der Waals surface area contributed by atoms with Crippen molar-refractivity contribution >= 4 is 5.97 Å². The molecule has 0 amide bonds. The molecule has 0 aliphatic carbocycles. The molecule has 18 heavy (non-hydrogen) atoms. The molecule has 2 rings (SSSR count). The predicted octanol–water partition coefficient (Wildman–Crippen LogP) is 1.86. The number of carboxylic acid groups (broad SMARTS) is 1. The summed E-state index contributed by atoms with van der Waals surface area (Å²) < 4.78 is 28.1. The fourth-order valence-corrected chi connectivity index (χ4v) is 1.51. The summed E-state index contributed by atoms with van der Waals surface area (Å²) in [6.07, 6.45) is 0. The number of aromatic nitrogens is 3. The fourth-order valence-electron chi connectivity index (χ4n) is 1.51. The molecular weight excluding hydrogens is 244 g/mol. The molecule has 5 nitrogen and oxygen atoms in total. The molecule has 0 atom stereocenters. The zero-order valence-corrected chi connectivity index (χ0v) is 9.61. The smallest absolute Gasteiger partial charge is 0.375 e. The van der Waals surface area contributed by atoms with Crippen molar-refractivity contribution in [2.45, 2.75) is 13.8 Å². The van der Waals surface area contributed by atoms with E-state index in [1.165, 1.54) is 13.8 Å². The van der Waals surface area contributed by atoms with Crippen LogP contribution in [-0.4, -0.2) is 25.8 Å². The first-order chi connectivity index (χ1) is 8.40. The topological polar surface area (TPSA) is 68.0 Å². The number of benzene rings is 1. The average Bonchev–Trinajstić information content (AvgIpc) is 2.66. The van der Waals surface area contributed by atoms with Crippen molar-refractivity contribution in [1.29, 1.82) is 0 Å². The maximum Gasteiger partial charge on any atom is 0.375 e. The first-order valence-electron chi connectivity index (χ1n) is 5.03. The molecule has 94 valence electrons. The quantitative estimate of drug-likeness (QED) is 0.887. The second-order valence-electron chi connectivity index (χ2n) is 3.75. The largest absolute Gasteiger partial charge is 0.475 e. The Labute approximate surface area is 101 Å². The van der Waals surface area contributed by atoms with Gasteiger partial charge in [0.1, 0.15) is 23.1 Å². The molecule has 0 aliphatic heterocycles. The predicted molar refractivity (Wildman–Crippen MR) is 57.7 cm³/mol. The van der Waals surface area contributed by atoms with Gasteiger partial charge in [0, 0.05) is 6.07 Å². The number of aromatic carboxylic acids is 1. The van der Waals surface area contributed by atoms with Gasteiger partial charge in [-0.25, -0.2) is 23.2 Å². The molecule has 0 saturated heterocycles. The van der Waals surface area contributed by atoms with E-state index < -0.39 is 23.4 Å². The fraction of sp³-hybridized carbons (Fsp3) is 0.182. The maximum atomic E-state index is 13.7. The van der Waals surface area contributed by atoms with E-state index in [1.54, 1.807) is 0 Å². The van der Waals surface area contributed by atoms with Gasteiger partial charge in [0.15, 0.2) is 0 Å². The number of rotatable bonds is 2. The van der Waals surface area contributed by atoms with Gasteiger partial charge < -0.3 is 5.11 Å². The molecule has 1 aromatic heterocycles. The molecule has 0 fully saturated rings. The van der Waals surface area contributed by atoms with Crippen LogP contribution in [0.15, 0.2) is 12.1 Å². The van der Waals surface area contributed by atoms with Gasteiger partial charge in [0.05, 0.1) is 0 Å². The summed E-state index contributed by atoms with van der Waals surface area (Å²) in [4.78, 5) is 14.3. The molecular formula is C11H9F2N3O2. The number of carbonyl (C=O) groups is 1. The molecule has 1 heterocycles. The average molecular weight is 253 g/mol. The van der Waals surface area contributed by atoms with Gasteiger partial charge in [-0.1, -0.05) is 0 Å². The highest BCUT2D eigenvalue weighted by atomic mass is 19.1. The second-order valence-corrected chi connectivity index (χ2v) is 3.75. The SMILES string of the molecule is Cc1cc(F)c(-n2nc(C(=O)O)nc2C)cc1F. The summed E-state index contributed by atoms with van der Waals surface area (Å²) in [6.45, 7) is 2.88. The first kappa shape index (κ1) is 12.2. The minimum absolute atomic E-state index is 0.160. The molecule has 0 bridgehead atoms. The lowest BCUT2D eigenvalue weighted by Gasteiger charge is -2.06. The highest BCUT2D eigenvalue weighted by Gasteiger charge is 2.17. The van der Waals surface area contributed by atoms with E-state index in [4.69, 9.17) is 5.11 Å². The number of nitrogens with zero attached hydrogens (tertiary/aromatic N) is 3. The lowest BCUT2D eigenvalue weighted by Crippen LogP contribution is -2.05. The monoisotopic (exact) mass is 253 g/mol. The Morgan fingerprint density at radius 1 is 1.28 bits per heavy atom. The van der Waals surface area contributed by atoms with Gasteiger partial charge in [-0.3, -0.25) is 0 Å². The summed E-state index contributed by atoms with van der Waals surface area (Å²) >= 11 is 0. The van der Waals surface area contributed by atoms with E-state index in [-0.39, 0.29) is 17.1 Å². The zero-order valence-electron chi connectivity index (χ0n) is 9.61. The molecule has 0 saturated carbocycles. The van der Waals surface area contributed by atoms with Crippen LogP contribution in [0.2, 0.25) is 0 Å². The van der Waals surface area contributed by atoms with Crippen LogP contribution in [0.5, 0.6) is 0 Å². The third kappa shape index (κ3) is 1.94. The van der Waals surface area contributed by atoms with Crippen LogP contribution in [-0.2, 0) is 0 Å². The van der Waals surface area contributed by atoms with Crippen molar-refractivity contribution in [3.63, 3.8) is 0 Å². The first-order valence-corrected chi connectivity index (χ1v) is 5.03. The van der Waals surface area contributed by atoms with Crippen molar-refractivity contribution in [2.75, 3.05) is 0 Å². The van der Waals surface area contributed by atoms with E-state index >= 15 is 0 Å². The number of halogens is 2. The van der Waals surface area contributed by atoms with Gasteiger partial charge in [-0.2, -0.15) is 0 Å². The van der Waals surface area contributed by atoms with Gasteiger partial charge in [-0.15, -0.1) is 5.10 Å². The van der Waals surface area contributed by atoms with Crippen molar-refractivity contribution in [1.82, 2.24) is 14.8 Å². The van der Waals surface area contributed by atoms with Crippen molar-refractivity contribution in [3.8, 4) is 5.69 Å². The van der Waals surface area contributed by atoms with Crippen molar-refractivity contribution < 1.29 is 18.7 Å². The Balaban J connectivity index is 2.62. The molecule has 0 spiro atoms. The van der Waals surface area contributed by atoms with E-state index in [9.17, 15) is 13.6 Å². The van der Waals surface area contributed by atoms with Crippen LogP contribution in [0.25, 0.3) is 5.69 Å². The van der Waals surface area contributed by atoms with E-state index in [0.717, 1.165) is 16.8 Å². The molecule has 0 unspecified atom stereocenters. The Hall–Kier alpha value is -2.31. The summed E-state index contributed by atoms with van der Waals surface area (Å²) in [5.41, 5.74) is -0.0110. The Morgan fingerprint density at radius 3 is 2.50 bits per heavy atom. The lowest BCUT2D eigenvalue weighted by atomic mass is 10.2. The van der Waals surface area contributed by atoms with Crippen molar-refractivity contribution in [2.24, 2.45) is 0 Å². The van der Waals surface area contributed by atoms with Crippen LogP contribution in [0, 0.1) is 25.5 Å². The lowest BCUT2D eigenvalue weighted by molar-refractivity contribution is 0.0683. The van der Waals surface area contributed by atoms with Crippen LogP contribution in [0.1, 0.15) is 22.0 Å². The normalized spacial score (nSPS) is 10.7. The van der Waals surface area contributed by atoms with Gasteiger partial charge in [0.2, 0.25) is 0 Å². The highest BCUT2D eigenvalue weighted by molar-refractivity contribution is 5.83. The number of carboxylic acids is 1. The molecule has 0 aliphatic rings. The van der Waals surface area contributed by atoms with Crippen LogP contribution < -0.4 is 0 Å². The molecule has 0 radical (unpaired) electrons. The Morgan fingerprint density at radius 2 is 1.94 bits per heavy atom. The van der Waals surface area contributed by atoms with E-state index in [2.05, 4.69) is 10.1 Å². The second kappa shape index (κ2) is 4.17. The summed E-state index contributed by atoms with van der Waals surface area (Å²) in [7, 11) is 0. The van der Waals surface area contributed by atoms with Gasteiger partial charge >= 0.3 is 5.97 Å². The Kier molecular flexibility index (Phi) is 2.82. The van der Waals surface area contributed by atoms with Gasteiger partial charge in [-0.05, 0) is 25.5 Å². The minimum atomic E-state index is -1.33.